The van der Waals surface area contributed by atoms with Crippen molar-refractivity contribution in [3.63, 3.8) is 0 Å². The maximum atomic E-state index is 13.2. The van der Waals surface area contributed by atoms with Gasteiger partial charge in [-0.25, -0.2) is 0 Å². The van der Waals surface area contributed by atoms with E-state index in [1.165, 1.54) is 43.2 Å². The molecular weight excluding hydrogens is 444 g/mol. The van der Waals surface area contributed by atoms with Gasteiger partial charge in [0, 0.05) is 23.1 Å². The van der Waals surface area contributed by atoms with Crippen LogP contribution in [0.15, 0.2) is 36.4 Å². The highest BCUT2D eigenvalue weighted by atomic mass is 35.5. The number of nitrogens with zero attached hydrogens (tertiary/aromatic N) is 2. The van der Waals surface area contributed by atoms with E-state index in [9.17, 15) is 20.0 Å². The molecule has 2 aromatic rings. The van der Waals surface area contributed by atoms with E-state index in [0.29, 0.717) is 17.2 Å². The largest absolute Gasteiger partial charge is 0.508 e. The van der Waals surface area contributed by atoms with Gasteiger partial charge in [-0.3, -0.25) is 19.8 Å². The lowest BCUT2D eigenvalue weighted by Crippen LogP contribution is -2.61. The lowest BCUT2D eigenvalue weighted by Gasteiger charge is -2.59. The van der Waals surface area contributed by atoms with Crippen LogP contribution in [0.2, 0.25) is 0 Å². The summed E-state index contributed by atoms with van der Waals surface area (Å²) in [4.78, 5) is 26.3. The number of nitro groups is 1. The number of nitro benzene ring substituents is 1. The van der Waals surface area contributed by atoms with Crippen LogP contribution < -0.4 is 4.74 Å². The van der Waals surface area contributed by atoms with Gasteiger partial charge in [0.25, 0.3) is 0 Å². The lowest BCUT2D eigenvalue weighted by molar-refractivity contribution is -0.385. The summed E-state index contributed by atoms with van der Waals surface area (Å²) in [6.07, 6.45) is 6.52. The number of hydrogen-bond donors (Lipinski definition) is 1. The number of piperidine rings is 1. The van der Waals surface area contributed by atoms with Crippen LogP contribution in [0.5, 0.6) is 11.5 Å². The van der Waals surface area contributed by atoms with Gasteiger partial charge < -0.3 is 9.84 Å². The number of fused-ring (bicyclic) bond motifs is 1. The molecule has 2 fully saturated rings. The standard InChI is InChI=1S/C25H28N2O5.ClH/c1-32-24-8-6-17(13-22(24)27(30)31)23(29)15-26-11-10-25-9-3-2-4-19(25)21(26)12-16-5-7-18(28)14-20(16)25;/h5-8,13-14,19,21,28H,2-4,9-12,15H2,1H3;1H/t19-,21+,25+;/m0./s1. The first-order chi connectivity index (χ1) is 15.4. The topological polar surface area (TPSA) is 92.9 Å². The number of likely N-dealkylation sites (tertiary alicyclic amines) is 1. The summed E-state index contributed by atoms with van der Waals surface area (Å²) in [7, 11) is 1.38. The Balaban J connectivity index is 0.00000259. The van der Waals surface area contributed by atoms with Crippen molar-refractivity contribution in [1.82, 2.24) is 4.90 Å². The first-order valence-electron chi connectivity index (χ1n) is 11.3. The van der Waals surface area contributed by atoms with Crippen LogP contribution in [0.25, 0.3) is 0 Å². The second kappa shape index (κ2) is 8.95. The highest BCUT2D eigenvalue weighted by molar-refractivity contribution is 5.98. The fourth-order valence-corrected chi connectivity index (χ4v) is 6.55. The molecule has 7 nitrogen and oxygen atoms in total. The van der Waals surface area contributed by atoms with Crippen LogP contribution in [-0.4, -0.2) is 47.0 Å². The molecule has 1 N–H and O–H groups in total. The molecular formula is C25H29ClN2O5. The highest BCUT2D eigenvalue weighted by Crippen LogP contribution is 2.56. The molecule has 0 radical (unpaired) electrons. The zero-order valence-electron chi connectivity index (χ0n) is 18.7. The van der Waals surface area contributed by atoms with Crippen LogP contribution in [-0.2, 0) is 11.8 Å². The van der Waals surface area contributed by atoms with Crippen molar-refractivity contribution in [2.45, 2.75) is 50.0 Å². The Hall–Kier alpha value is -2.64. The Morgan fingerprint density at radius 3 is 2.82 bits per heavy atom. The van der Waals surface area contributed by atoms with Crippen molar-refractivity contribution in [3.8, 4) is 11.5 Å². The van der Waals surface area contributed by atoms with Crippen molar-refractivity contribution in [1.29, 1.82) is 0 Å². The van der Waals surface area contributed by atoms with Gasteiger partial charge in [-0.05, 0) is 73.5 Å². The fourth-order valence-electron chi connectivity index (χ4n) is 6.55. The van der Waals surface area contributed by atoms with E-state index in [4.69, 9.17) is 4.74 Å². The van der Waals surface area contributed by atoms with E-state index >= 15 is 0 Å². The zero-order chi connectivity index (χ0) is 22.5. The minimum Gasteiger partial charge on any atom is -0.508 e. The van der Waals surface area contributed by atoms with Crippen molar-refractivity contribution < 1.29 is 19.6 Å². The summed E-state index contributed by atoms with van der Waals surface area (Å²) in [6, 6.07) is 10.5. The molecule has 1 saturated heterocycles. The summed E-state index contributed by atoms with van der Waals surface area (Å²) in [5.41, 5.74) is 2.85. The number of aromatic hydroxyl groups is 1. The summed E-state index contributed by atoms with van der Waals surface area (Å²) in [5, 5.41) is 21.5. The van der Waals surface area contributed by atoms with Gasteiger partial charge in [-0.1, -0.05) is 18.9 Å². The van der Waals surface area contributed by atoms with E-state index in [1.807, 2.05) is 12.1 Å². The predicted molar refractivity (Wildman–Crippen MR) is 127 cm³/mol. The van der Waals surface area contributed by atoms with Gasteiger partial charge in [-0.15, -0.1) is 12.4 Å². The van der Waals surface area contributed by atoms with E-state index in [1.54, 1.807) is 12.1 Å². The Morgan fingerprint density at radius 1 is 1.24 bits per heavy atom. The second-order valence-corrected chi connectivity index (χ2v) is 9.41. The number of carbonyl (C=O) groups is 1. The number of ketones is 1. The molecule has 0 amide bonds. The molecule has 1 heterocycles. The molecule has 0 spiro atoms. The number of methoxy groups -OCH3 is 1. The second-order valence-electron chi connectivity index (χ2n) is 9.41. The molecule has 3 atom stereocenters. The van der Waals surface area contributed by atoms with Crippen molar-refractivity contribution in [2.24, 2.45) is 5.92 Å². The minimum absolute atomic E-state index is 0. The third-order valence-corrected chi connectivity index (χ3v) is 7.98. The van der Waals surface area contributed by atoms with Crippen LogP contribution in [0.3, 0.4) is 0 Å². The van der Waals surface area contributed by atoms with Gasteiger partial charge in [0.15, 0.2) is 11.5 Å². The number of Topliss-reactive ketones (excluding diaryl/α,β-unsaturated/α-hetero) is 1. The molecule has 2 aromatic carbocycles. The molecule has 0 unspecified atom stereocenters. The third kappa shape index (κ3) is 3.87. The van der Waals surface area contributed by atoms with Gasteiger partial charge in [0.05, 0.1) is 18.6 Å². The average molecular weight is 473 g/mol. The molecule has 2 aliphatic carbocycles. The summed E-state index contributed by atoms with van der Waals surface area (Å²) < 4.78 is 5.06. The van der Waals surface area contributed by atoms with Crippen LogP contribution >= 0.6 is 12.4 Å². The Labute approximate surface area is 199 Å². The molecule has 0 aromatic heterocycles. The third-order valence-electron chi connectivity index (χ3n) is 7.98. The summed E-state index contributed by atoms with van der Waals surface area (Å²) in [6.45, 7) is 1.08. The fraction of sp³-hybridized carbons (Fsp3) is 0.480. The molecule has 1 saturated carbocycles. The Bertz CT molecular complexity index is 1090. The quantitative estimate of drug-likeness (QED) is 0.386. The number of halogens is 1. The lowest BCUT2D eigenvalue weighted by atomic mass is 9.52. The van der Waals surface area contributed by atoms with Gasteiger partial charge >= 0.3 is 5.69 Å². The zero-order valence-corrected chi connectivity index (χ0v) is 19.5. The Morgan fingerprint density at radius 2 is 2.06 bits per heavy atom. The maximum Gasteiger partial charge on any atom is 0.311 e. The maximum absolute atomic E-state index is 13.2. The van der Waals surface area contributed by atoms with Crippen molar-refractivity contribution >= 4 is 23.9 Å². The number of ether oxygens (including phenoxy) is 1. The number of hydrogen-bond acceptors (Lipinski definition) is 6. The molecule has 176 valence electrons. The highest BCUT2D eigenvalue weighted by Gasteiger charge is 2.53. The van der Waals surface area contributed by atoms with Crippen LogP contribution in [0.1, 0.15) is 53.6 Å². The van der Waals surface area contributed by atoms with Crippen molar-refractivity contribution in [2.75, 3.05) is 20.2 Å². The van der Waals surface area contributed by atoms with Crippen molar-refractivity contribution in [3.05, 3.63) is 63.2 Å². The van der Waals surface area contributed by atoms with Crippen LogP contribution in [0.4, 0.5) is 5.69 Å². The number of carbonyl (C=O) groups excluding carboxylic acids is 1. The minimum atomic E-state index is -0.514. The number of benzene rings is 2. The molecule has 1 aliphatic heterocycles. The average Bonchev–Trinajstić information content (AvgIpc) is 2.80. The number of rotatable bonds is 5. The molecule has 33 heavy (non-hydrogen) atoms. The first-order valence-corrected chi connectivity index (χ1v) is 11.3. The smallest absolute Gasteiger partial charge is 0.311 e. The first kappa shape index (κ1) is 23.5. The van der Waals surface area contributed by atoms with Gasteiger partial charge in [0.2, 0.25) is 0 Å². The summed E-state index contributed by atoms with van der Waals surface area (Å²) >= 11 is 0. The monoisotopic (exact) mass is 472 g/mol. The van der Waals surface area contributed by atoms with E-state index in [2.05, 4.69) is 4.90 Å². The number of phenolic OH excluding ortho intramolecular Hbond substituents is 1. The normalized spacial score (nSPS) is 25.8. The number of phenols is 1. The van der Waals surface area contributed by atoms with E-state index in [0.717, 1.165) is 32.2 Å². The molecule has 2 bridgehead atoms. The van der Waals surface area contributed by atoms with Gasteiger partial charge in [-0.2, -0.15) is 0 Å². The summed E-state index contributed by atoms with van der Waals surface area (Å²) in [5.74, 6) is 0.858. The van der Waals surface area contributed by atoms with E-state index in [-0.39, 0.29) is 47.6 Å². The molecule has 8 heteroatoms. The van der Waals surface area contributed by atoms with Gasteiger partial charge in [0.1, 0.15) is 5.75 Å². The Kier molecular flexibility index (Phi) is 6.38. The molecule has 3 aliphatic rings. The SMILES string of the molecule is COc1ccc(C(=O)CN2CC[C@]34CCCC[C@H]3[C@H]2Cc2ccc(O)cc24)cc1[N+](=O)[O-].Cl. The predicted octanol–water partition coefficient (Wildman–Crippen LogP) is 4.67. The van der Waals surface area contributed by atoms with Crippen LogP contribution in [0, 0.1) is 16.0 Å². The van der Waals surface area contributed by atoms with E-state index < -0.39 is 4.92 Å². The molecule has 5 rings (SSSR count).